The third-order valence-electron chi connectivity index (χ3n) is 6.11. The molecular weight excluding hydrogens is 402 g/mol. The molecule has 0 radical (unpaired) electrons. The van der Waals surface area contributed by atoms with Gasteiger partial charge in [-0.1, -0.05) is 24.3 Å². The number of ether oxygens (including phenoxy) is 1. The second-order valence-corrected chi connectivity index (χ2v) is 8.77. The van der Waals surface area contributed by atoms with Crippen molar-refractivity contribution in [2.75, 3.05) is 19.0 Å². The van der Waals surface area contributed by atoms with Crippen molar-refractivity contribution in [2.45, 2.75) is 52.0 Å². The van der Waals surface area contributed by atoms with E-state index in [1.54, 1.807) is 11.9 Å². The van der Waals surface area contributed by atoms with Crippen LogP contribution in [-0.2, 0) is 9.59 Å². The van der Waals surface area contributed by atoms with Gasteiger partial charge in [-0.2, -0.15) is 0 Å². The molecule has 3 rings (SSSR count). The van der Waals surface area contributed by atoms with Crippen molar-refractivity contribution in [2.24, 2.45) is 5.92 Å². The SMILES string of the molecule is CC(=O)N(C)C(C)CC(=N)c1ccc(NC(=O)C(C)c2ccc(OCC3CC3)cc2)cc1. The van der Waals surface area contributed by atoms with Crippen LogP contribution in [0.2, 0.25) is 0 Å². The normalized spacial score (nSPS) is 14.9. The molecule has 2 N–H and O–H groups in total. The van der Waals surface area contributed by atoms with E-state index < -0.39 is 0 Å². The molecule has 0 bridgehead atoms. The standard InChI is InChI=1S/C26H33N3O3/c1-17(29(4)19(3)30)15-25(27)22-7-11-23(12-8-22)28-26(31)18(2)21-9-13-24(14-10-21)32-16-20-5-6-20/h7-14,17-18,20,27H,5-6,15-16H2,1-4H3,(H,28,31). The number of benzene rings is 2. The summed E-state index contributed by atoms with van der Waals surface area (Å²) in [6.07, 6.45) is 2.99. The number of nitrogens with one attached hydrogen (secondary N) is 2. The summed E-state index contributed by atoms with van der Waals surface area (Å²) in [7, 11) is 1.74. The van der Waals surface area contributed by atoms with Gasteiger partial charge in [-0.15, -0.1) is 0 Å². The fraction of sp³-hybridized carbons (Fsp3) is 0.423. The summed E-state index contributed by atoms with van der Waals surface area (Å²) in [4.78, 5) is 25.8. The fourth-order valence-corrected chi connectivity index (χ4v) is 3.37. The van der Waals surface area contributed by atoms with Crippen molar-refractivity contribution in [3.63, 3.8) is 0 Å². The van der Waals surface area contributed by atoms with Gasteiger partial charge in [0.2, 0.25) is 11.8 Å². The zero-order valence-corrected chi connectivity index (χ0v) is 19.4. The molecule has 2 aromatic carbocycles. The number of carbonyl (C=O) groups is 2. The molecule has 6 heteroatoms. The van der Waals surface area contributed by atoms with E-state index >= 15 is 0 Å². The van der Waals surface area contributed by atoms with Gasteiger partial charge >= 0.3 is 0 Å². The molecule has 170 valence electrons. The van der Waals surface area contributed by atoms with Gasteiger partial charge in [0.05, 0.1) is 12.5 Å². The molecule has 0 aromatic heterocycles. The summed E-state index contributed by atoms with van der Waals surface area (Å²) in [6.45, 7) is 6.11. The highest BCUT2D eigenvalue weighted by molar-refractivity contribution is 6.00. The van der Waals surface area contributed by atoms with E-state index in [-0.39, 0.29) is 23.8 Å². The first-order valence-electron chi connectivity index (χ1n) is 11.2. The summed E-state index contributed by atoms with van der Waals surface area (Å²) in [5.41, 5.74) is 2.86. The maximum atomic E-state index is 12.7. The number of hydrogen-bond donors (Lipinski definition) is 2. The Balaban J connectivity index is 1.53. The molecule has 0 spiro atoms. The maximum absolute atomic E-state index is 12.7. The van der Waals surface area contributed by atoms with Crippen molar-refractivity contribution < 1.29 is 14.3 Å². The molecular formula is C26H33N3O3. The highest BCUT2D eigenvalue weighted by Crippen LogP contribution is 2.30. The molecule has 0 saturated heterocycles. The minimum absolute atomic E-state index is 0.0158. The van der Waals surface area contributed by atoms with Crippen molar-refractivity contribution in [3.8, 4) is 5.75 Å². The van der Waals surface area contributed by atoms with Crippen molar-refractivity contribution >= 4 is 23.2 Å². The molecule has 32 heavy (non-hydrogen) atoms. The quantitative estimate of drug-likeness (QED) is 0.524. The van der Waals surface area contributed by atoms with E-state index in [2.05, 4.69) is 5.32 Å². The number of carbonyl (C=O) groups excluding carboxylic acids is 2. The van der Waals surface area contributed by atoms with E-state index in [9.17, 15) is 9.59 Å². The lowest BCUT2D eigenvalue weighted by atomic mass is 10.00. The highest BCUT2D eigenvalue weighted by atomic mass is 16.5. The zero-order chi connectivity index (χ0) is 23.3. The van der Waals surface area contributed by atoms with Crippen molar-refractivity contribution in [3.05, 3.63) is 59.7 Å². The Labute approximate surface area is 190 Å². The lowest BCUT2D eigenvalue weighted by Crippen LogP contribution is -2.34. The predicted molar refractivity (Wildman–Crippen MR) is 127 cm³/mol. The smallest absolute Gasteiger partial charge is 0.231 e. The van der Waals surface area contributed by atoms with E-state index in [0.717, 1.165) is 23.5 Å². The Kier molecular flexibility index (Phi) is 7.67. The Morgan fingerprint density at radius 2 is 1.72 bits per heavy atom. The molecule has 2 aromatic rings. The van der Waals surface area contributed by atoms with Gasteiger partial charge in [0.1, 0.15) is 5.75 Å². The highest BCUT2D eigenvalue weighted by Gasteiger charge is 2.22. The van der Waals surface area contributed by atoms with Crippen LogP contribution in [0.5, 0.6) is 5.75 Å². The Morgan fingerprint density at radius 1 is 1.09 bits per heavy atom. The number of rotatable bonds is 10. The maximum Gasteiger partial charge on any atom is 0.231 e. The average molecular weight is 436 g/mol. The summed E-state index contributed by atoms with van der Waals surface area (Å²) in [6, 6.07) is 15.0. The first-order valence-corrected chi connectivity index (χ1v) is 11.2. The van der Waals surface area contributed by atoms with Crippen molar-refractivity contribution in [1.82, 2.24) is 4.90 Å². The van der Waals surface area contributed by atoms with Gasteiger partial charge in [0.25, 0.3) is 0 Å². The predicted octanol–water partition coefficient (Wildman–Crippen LogP) is 4.84. The molecule has 2 amide bonds. The molecule has 1 aliphatic carbocycles. The Morgan fingerprint density at radius 3 is 2.28 bits per heavy atom. The van der Waals surface area contributed by atoms with E-state index in [0.29, 0.717) is 23.7 Å². The van der Waals surface area contributed by atoms with Crippen LogP contribution < -0.4 is 10.1 Å². The summed E-state index contributed by atoms with van der Waals surface area (Å²) >= 11 is 0. The van der Waals surface area contributed by atoms with Crippen LogP contribution in [0.25, 0.3) is 0 Å². The van der Waals surface area contributed by atoms with Crippen LogP contribution in [0.15, 0.2) is 48.5 Å². The summed E-state index contributed by atoms with van der Waals surface area (Å²) < 4.78 is 5.76. The van der Waals surface area contributed by atoms with Crippen LogP contribution in [0, 0.1) is 11.3 Å². The number of nitrogens with zero attached hydrogens (tertiary/aromatic N) is 1. The second-order valence-electron chi connectivity index (χ2n) is 8.77. The minimum Gasteiger partial charge on any atom is -0.493 e. The van der Waals surface area contributed by atoms with Crippen LogP contribution >= 0.6 is 0 Å². The van der Waals surface area contributed by atoms with Gasteiger partial charge in [0, 0.05) is 37.8 Å². The molecule has 1 saturated carbocycles. The number of hydrogen-bond acceptors (Lipinski definition) is 4. The summed E-state index contributed by atoms with van der Waals surface area (Å²) in [5.74, 6) is 1.15. The van der Waals surface area contributed by atoms with Gasteiger partial charge in [0.15, 0.2) is 0 Å². The van der Waals surface area contributed by atoms with Crippen molar-refractivity contribution in [1.29, 1.82) is 5.41 Å². The molecule has 0 aliphatic heterocycles. The largest absolute Gasteiger partial charge is 0.493 e. The van der Waals surface area contributed by atoms with E-state index in [1.807, 2.05) is 62.4 Å². The molecule has 2 unspecified atom stereocenters. The average Bonchev–Trinajstić information content (AvgIpc) is 3.61. The molecule has 0 heterocycles. The molecule has 2 atom stereocenters. The first kappa shape index (κ1) is 23.5. The van der Waals surface area contributed by atoms with Gasteiger partial charge in [-0.3, -0.25) is 9.59 Å². The van der Waals surface area contributed by atoms with Gasteiger partial charge in [-0.05, 0) is 68.0 Å². The Hall–Kier alpha value is -3.15. The molecule has 1 aliphatic rings. The lowest BCUT2D eigenvalue weighted by molar-refractivity contribution is -0.129. The molecule has 1 fully saturated rings. The first-order chi connectivity index (χ1) is 15.2. The fourth-order valence-electron chi connectivity index (χ4n) is 3.37. The monoisotopic (exact) mass is 435 g/mol. The topological polar surface area (TPSA) is 82.5 Å². The summed E-state index contributed by atoms with van der Waals surface area (Å²) in [5, 5.41) is 11.3. The minimum atomic E-state index is -0.298. The van der Waals surface area contributed by atoms with Crippen LogP contribution in [0.3, 0.4) is 0 Å². The second kappa shape index (κ2) is 10.4. The molecule has 6 nitrogen and oxygen atoms in total. The number of anilines is 1. The third kappa shape index (κ3) is 6.42. The van der Waals surface area contributed by atoms with Crippen LogP contribution in [-0.4, -0.2) is 42.1 Å². The lowest BCUT2D eigenvalue weighted by Gasteiger charge is -2.23. The third-order valence-corrected chi connectivity index (χ3v) is 6.11. The Bertz CT molecular complexity index is 949. The number of amides is 2. The van der Waals surface area contributed by atoms with Crippen LogP contribution in [0.4, 0.5) is 5.69 Å². The van der Waals surface area contributed by atoms with Gasteiger partial charge in [-0.25, -0.2) is 0 Å². The zero-order valence-electron chi connectivity index (χ0n) is 19.4. The van der Waals surface area contributed by atoms with E-state index in [4.69, 9.17) is 10.1 Å². The van der Waals surface area contributed by atoms with Gasteiger partial charge < -0.3 is 20.4 Å². The van der Waals surface area contributed by atoms with Crippen LogP contribution in [0.1, 0.15) is 57.1 Å². The van der Waals surface area contributed by atoms with E-state index in [1.165, 1.54) is 19.8 Å².